The lowest BCUT2D eigenvalue weighted by molar-refractivity contribution is -0.123. The fourth-order valence-corrected chi connectivity index (χ4v) is 3.19. The number of nitrogens with two attached hydrogens (primary N) is 1. The molecule has 0 fully saturated rings. The molecule has 6 nitrogen and oxygen atoms in total. The summed E-state index contributed by atoms with van der Waals surface area (Å²) in [7, 11) is -5.00. The van der Waals surface area contributed by atoms with E-state index in [1.54, 1.807) is 25.1 Å². The highest BCUT2D eigenvalue weighted by Gasteiger charge is 2.39. The molecule has 136 valence electrons. The van der Waals surface area contributed by atoms with E-state index in [0.29, 0.717) is 0 Å². The minimum Gasteiger partial charge on any atom is -0.460 e. The second-order valence-corrected chi connectivity index (χ2v) is 7.04. The molecule has 3 rings (SSSR count). The maximum absolute atomic E-state index is 12.8. The van der Waals surface area contributed by atoms with Gasteiger partial charge in [0.15, 0.2) is 6.08 Å². The van der Waals surface area contributed by atoms with Crippen LogP contribution in [-0.4, -0.2) is 14.2 Å². The van der Waals surface area contributed by atoms with Crippen LogP contribution in [0.4, 0.5) is 0 Å². The number of hydrogen-bond acceptors (Lipinski definition) is 6. The van der Waals surface area contributed by atoms with E-state index in [9.17, 15) is 13.2 Å². The van der Waals surface area contributed by atoms with Crippen LogP contribution >= 0.6 is 0 Å². The third-order valence-electron chi connectivity index (χ3n) is 3.83. The molecular weight excluding hydrogens is 354 g/mol. The van der Waals surface area contributed by atoms with Crippen LogP contribution in [0.25, 0.3) is 0 Å². The van der Waals surface area contributed by atoms with Gasteiger partial charge in [0.05, 0.1) is 4.11 Å². The summed E-state index contributed by atoms with van der Waals surface area (Å²) in [5.74, 6) is -2.75. The summed E-state index contributed by atoms with van der Waals surface area (Å²) in [6.07, 6.45) is -2.33. The predicted molar refractivity (Wildman–Crippen MR) is 96.1 cm³/mol. The molecule has 2 N–H and O–H groups in total. The van der Waals surface area contributed by atoms with Crippen LogP contribution in [0.5, 0.6) is 0 Å². The summed E-state index contributed by atoms with van der Waals surface area (Å²) in [5, 5.41) is 0. The van der Waals surface area contributed by atoms with Crippen molar-refractivity contribution in [1.82, 2.24) is 0 Å². The maximum Gasteiger partial charge on any atom is 0.313 e. The van der Waals surface area contributed by atoms with Crippen molar-refractivity contribution in [2.24, 2.45) is 5.73 Å². The lowest BCUT2D eigenvalue weighted by Crippen LogP contribution is -2.16. The lowest BCUT2D eigenvalue weighted by atomic mass is 10.0. The molecule has 2 aromatic rings. The van der Waals surface area contributed by atoms with Gasteiger partial charge >= 0.3 is 10.1 Å². The van der Waals surface area contributed by atoms with E-state index in [4.69, 9.17) is 18.8 Å². The van der Waals surface area contributed by atoms with Crippen molar-refractivity contribution in [2.75, 3.05) is 0 Å². The van der Waals surface area contributed by atoms with Gasteiger partial charge in [-0.3, -0.25) is 4.79 Å². The number of rotatable bonds is 5. The first-order chi connectivity index (χ1) is 13.4. The fourth-order valence-electron chi connectivity index (χ4n) is 2.35. The largest absolute Gasteiger partial charge is 0.460 e. The Bertz CT molecular complexity index is 1120. The molecule has 1 atom stereocenters. The Balaban J connectivity index is 1.95. The van der Waals surface area contributed by atoms with Crippen LogP contribution in [0.1, 0.15) is 32.4 Å². The van der Waals surface area contributed by atoms with Crippen molar-refractivity contribution in [1.29, 1.82) is 0 Å². The van der Waals surface area contributed by atoms with Crippen molar-refractivity contribution in [3.05, 3.63) is 82.4 Å². The van der Waals surface area contributed by atoms with Crippen LogP contribution in [0.15, 0.2) is 60.2 Å². The molecule has 0 bridgehead atoms. The van der Waals surface area contributed by atoms with Gasteiger partial charge in [-0.2, -0.15) is 8.42 Å². The Kier molecular flexibility index (Phi) is 3.78. The van der Waals surface area contributed by atoms with Gasteiger partial charge in [-0.15, -0.1) is 0 Å². The second-order valence-electron chi connectivity index (χ2n) is 5.76. The zero-order valence-electron chi connectivity index (χ0n) is 17.1. The van der Waals surface area contributed by atoms with Crippen molar-refractivity contribution in [3.63, 3.8) is 0 Å². The molecular formula is C19H19NO5S. The number of hydrogen-bond donors (Lipinski definition) is 1. The van der Waals surface area contributed by atoms with Gasteiger partial charge in [0.25, 0.3) is 0 Å². The number of aryl methyl sites for hydroxylation is 2. The van der Waals surface area contributed by atoms with Crippen LogP contribution in [0.2, 0.25) is 0 Å². The number of Topliss-reactive ketones (excluding diaryl/α,β-unsaturated/α-hetero) is 1. The summed E-state index contributed by atoms with van der Waals surface area (Å²) < 4.78 is 59.5. The maximum atomic E-state index is 12.8. The topological polar surface area (TPSA) is 95.7 Å². The Labute approximate surface area is 156 Å². The molecule has 0 saturated carbocycles. The van der Waals surface area contributed by atoms with Crippen LogP contribution in [0, 0.1) is 13.8 Å². The average Bonchev–Trinajstić information content (AvgIpc) is 2.88. The molecule has 1 unspecified atom stereocenters. The van der Waals surface area contributed by atoms with Crippen LogP contribution in [-0.2, 0) is 29.5 Å². The van der Waals surface area contributed by atoms with Crippen molar-refractivity contribution in [2.45, 2.75) is 25.6 Å². The Morgan fingerprint density at radius 3 is 2.54 bits per heavy atom. The number of ether oxygens (including phenoxy) is 1. The van der Waals surface area contributed by atoms with E-state index in [1.807, 2.05) is 6.92 Å². The smallest absolute Gasteiger partial charge is 0.313 e. The molecule has 1 heterocycles. The zero-order valence-corrected chi connectivity index (χ0v) is 15.0. The summed E-state index contributed by atoms with van der Waals surface area (Å²) in [5.41, 5.74) is 4.37. The first-order valence-corrected chi connectivity index (χ1v) is 9.12. The van der Waals surface area contributed by atoms with Gasteiger partial charge < -0.3 is 14.7 Å². The third kappa shape index (κ3) is 3.72. The van der Waals surface area contributed by atoms with Gasteiger partial charge in [-0.25, -0.2) is 0 Å². The van der Waals surface area contributed by atoms with E-state index in [2.05, 4.69) is 0 Å². The van der Waals surface area contributed by atoms with Crippen molar-refractivity contribution >= 4 is 15.9 Å². The molecule has 1 aliphatic heterocycles. The molecule has 0 aromatic heterocycles. The number of ketones is 1. The van der Waals surface area contributed by atoms with Gasteiger partial charge in [0.2, 0.25) is 17.4 Å². The quantitative estimate of drug-likeness (QED) is 0.806. The zero-order chi connectivity index (χ0) is 21.6. The van der Waals surface area contributed by atoms with E-state index in [1.165, 1.54) is 30.3 Å². The standard InChI is InChI=1S/C19H19NO5S/c1-12-8-9-15(10-13(12)2)17-16(21)18(19(20)24-17)25-26(22,23)11-14-6-4-3-5-7-14/h3-10,17H,11,20H2,1-2H3/i11D2,17D. The Hall–Kier alpha value is -2.80. The lowest BCUT2D eigenvalue weighted by Gasteiger charge is -2.12. The summed E-state index contributed by atoms with van der Waals surface area (Å²) >= 11 is 0. The molecule has 26 heavy (non-hydrogen) atoms. The average molecular weight is 376 g/mol. The molecule has 0 radical (unpaired) electrons. The van der Waals surface area contributed by atoms with Crippen molar-refractivity contribution in [3.8, 4) is 0 Å². The second kappa shape index (κ2) is 6.84. The SMILES string of the molecule is [2H]C1(c2ccc(C)c(C)c2)OC(N)=C(OS(=O)(=O)C([2H])([2H])c2ccccc2)C1=O. The molecule has 1 aliphatic rings. The highest BCUT2D eigenvalue weighted by atomic mass is 32.2. The number of benzene rings is 2. The molecule has 2 aromatic carbocycles. The minimum absolute atomic E-state index is 0.149. The number of carbonyl (C=O) groups is 1. The Morgan fingerprint density at radius 1 is 1.19 bits per heavy atom. The van der Waals surface area contributed by atoms with Gasteiger partial charge in [0.1, 0.15) is 5.70 Å². The van der Waals surface area contributed by atoms with Crippen LogP contribution < -0.4 is 5.73 Å². The normalized spacial score (nSPS) is 22.4. The highest BCUT2D eigenvalue weighted by Crippen LogP contribution is 2.33. The minimum atomic E-state index is -5.00. The highest BCUT2D eigenvalue weighted by molar-refractivity contribution is 7.86. The molecule has 0 aliphatic carbocycles. The fraction of sp³-hybridized carbons (Fsp3) is 0.211. The first-order valence-electron chi connectivity index (χ1n) is 9.21. The summed E-state index contributed by atoms with van der Waals surface area (Å²) in [6.45, 7) is 3.64. The molecule has 0 saturated heterocycles. The summed E-state index contributed by atoms with van der Waals surface area (Å²) in [6, 6.07) is 11.8. The molecule has 0 amide bonds. The monoisotopic (exact) mass is 376 g/mol. The molecule has 7 heteroatoms. The van der Waals surface area contributed by atoms with Gasteiger partial charge in [0, 0.05) is 5.56 Å². The van der Waals surface area contributed by atoms with Crippen molar-refractivity contribution < 1.29 is 26.2 Å². The van der Waals surface area contributed by atoms with Gasteiger partial charge in [-0.05, 0) is 30.5 Å². The van der Waals surface area contributed by atoms with E-state index < -0.39 is 39.3 Å². The predicted octanol–water partition coefficient (Wildman–Crippen LogP) is 2.62. The van der Waals surface area contributed by atoms with E-state index in [0.717, 1.165) is 11.1 Å². The summed E-state index contributed by atoms with van der Waals surface area (Å²) in [4.78, 5) is 12.8. The van der Waals surface area contributed by atoms with E-state index >= 15 is 0 Å². The number of carbonyl (C=O) groups excluding carboxylic acids is 1. The van der Waals surface area contributed by atoms with E-state index in [-0.39, 0.29) is 11.1 Å². The van der Waals surface area contributed by atoms with Gasteiger partial charge in [-0.1, -0.05) is 48.5 Å². The van der Waals surface area contributed by atoms with Crippen LogP contribution in [0.3, 0.4) is 0 Å². The Morgan fingerprint density at radius 2 is 1.88 bits per heavy atom. The first kappa shape index (κ1) is 14.4. The third-order valence-corrected chi connectivity index (χ3v) is 4.70. The molecule has 0 spiro atoms.